The Morgan fingerprint density at radius 3 is 2.60 bits per heavy atom. The summed E-state index contributed by atoms with van der Waals surface area (Å²) in [6, 6.07) is 3.37. The highest BCUT2D eigenvalue weighted by Crippen LogP contribution is 2.17. The second-order valence-corrected chi connectivity index (χ2v) is 4.31. The van der Waals surface area contributed by atoms with Gasteiger partial charge in [-0.25, -0.2) is 4.39 Å². The lowest BCUT2D eigenvalue weighted by atomic mass is 10.2. The summed E-state index contributed by atoms with van der Waals surface area (Å²) in [5.41, 5.74) is -0.0481. The first-order chi connectivity index (χ1) is 7.04. The van der Waals surface area contributed by atoms with Crippen LogP contribution in [0.5, 0.6) is 0 Å². The lowest BCUT2D eigenvalue weighted by Gasteiger charge is -2.03. The lowest BCUT2D eigenvalue weighted by molar-refractivity contribution is -0.118. The van der Waals surface area contributed by atoms with E-state index in [9.17, 15) is 17.0 Å². The van der Waals surface area contributed by atoms with E-state index in [1.165, 1.54) is 13.0 Å². The van der Waals surface area contributed by atoms with Gasteiger partial charge in [-0.15, -0.1) is 0 Å². The summed E-state index contributed by atoms with van der Waals surface area (Å²) < 4.78 is 23.9. The maximum atomic E-state index is 12.8. The van der Waals surface area contributed by atoms with Gasteiger partial charge >= 0.3 is 0 Å². The fraction of sp³-hybridized carbons (Fsp3) is 0.111. The second-order valence-electron chi connectivity index (χ2n) is 2.71. The van der Waals surface area contributed by atoms with E-state index in [1.807, 2.05) is 5.32 Å². The lowest BCUT2D eigenvalue weighted by Crippen LogP contribution is -2.28. The van der Waals surface area contributed by atoms with Crippen LogP contribution in [0.15, 0.2) is 18.2 Å². The van der Waals surface area contributed by atoms with Crippen molar-refractivity contribution in [2.45, 2.75) is 6.92 Å². The molecule has 1 aromatic carbocycles. The highest BCUT2D eigenvalue weighted by Gasteiger charge is 2.13. The van der Waals surface area contributed by atoms with Gasteiger partial charge < -0.3 is 0 Å². The molecule has 0 spiro atoms. The van der Waals surface area contributed by atoms with Gasteiger partial charge in [-0.2, -0.15) is 0 Å². The Hall–Kier alpha value is -1.18. The average molecular weight is 323 g/mol. The molecule has 0 saturated heterocycles. The van der Waals surface area contributed by atoms with Crippen LogP contribution in [0.3, 0.4) is 0 Å². The summed E-state index contributed by atoms with van der Waals surface area (Å²) in [5.74, 6) is -1.88. The van der Waals surface area contributed by atoms with Crippen molar-refractivity contribution >= 4 is 33.0 Å². The van der Waals surface area contributed by atoms with Crippen LogP contribution in [0.1, 0.15) is 17.3 Å². The summed E-state index contributed by atoms with van der Waals surface area (Å²) in [7, 11) is 0. The maximum Gasteiger partial charge on any atom is 0.259 e. The molecule has 0 aliphatic rings. The van der Waals surface area contributed by atoms with E-state index < -0.39 is 38.8 Å². The summed E-state index contributed by atoms with van der Waals surface area (Å²) >= 11 is -1.57. The molecule has 1 aromatic rings. The Balaban J connectivity index is 3.11. The summed E-state index contributed by atoms with van der Waals surface area (Å²) in [4.78, 5) is 22.0. The predicted octanol–water partition coefficient (Wildman–Crippen LogP) is 1.59. The van der Waals surface area contributed by atoms with E-state index in [1.54, 1.807) is 0 Å². The number of hydrogen-bond acceptors (Lipinski definition) is 3. The van der Waals surface area contributed by atoms with Crippen molar-refractivity contribution in [2.75, 3.05) is 0 Å². The van der Waals surface area contributed by atoms with Crippen molar-refractivity contribution in [3.8, 4) is 0 Å². The number of benzene rings is 1. The Morgan fingerprint density at radius 1 is 1.40 bits per heavy atom. The van der Waals surface area contributed by atoms with Crippen molar-refractivity contribution < 1.29 is 17.0 Å². The topological polar surface area (TPSA) is 63.2 Å². The Morgan fingerprint density at radius 2 is 2.07 bits per heavy atom. The molecule has 1 N–H and O–H groups in total. The van der Waals surface area contributed by atoms with Crippen LogP contribution in [-0.2, 0) is 7.86 Å². The molecule has 0 radical (unpaired) electrons. The number of rotatable bonds is 2. The normalized spacial score (nSPS) is 9.73. The Labute approximate surface area is 95.5 Å². The van der Waals surface area contributed by atoms with Crippen molar-refractivity contribution in [1.29, 1.82) is 0 Å². The van der Waals surface area contributed by atoms with E-state index in [2.05, 4.69) is 0 Å². The summed E-state index contributed by atoms with van der Waals surface area (Å²) in [5, 5.41) is 2.00. The third-order valence-electron chi connectivity index (χ3n) is 1.55. The van der Waals surface area contributed by atoms with Crippen molar-refractivity contribution in [3.05, 3.63) is 33.1 Å². The average Bonchev–Trinajstić information content (AvgIpc) is 2.16. The summed E-state index contributed by atoms with van der Waals surface area (Å²) in [6.07, 6.45) is 0. The van der Waals surface area contributed by atoms with Gasteiger partial charge in [-0.3, -0.25) is 18.0 Å². The number of nitrogens with one attached hydrogen (secondary N) is 1. The van der Waals surface area contributed by atoms with E-state index >= 15 is 0 Å². The monoisotopic (exact) mass is 323 g/mol. The molecule has 0 bridgehead atoms. The molecule has 6 heteroatoms. The molecular weight excluding hydrogens is 316 g/mol. The number of hydrogen-bond donors (Lipinski definition) is 1. The first kappa shape index (κ1) is 11.9. The van der Waals surface area contributed by atoms with Crippen molar-refractivity contribution in [1.82, 2.24) is 5.32 Å². The zero-order chi connectivity index (χ0) is 11.4. The van der Waals surface area contributed by atoms with Gasteiger partial charge in [0, 0.05) is 6.92 Å². The zero-order valence-corrected chi connectivity index (χ0v) is 9.87. The first-order valence-corrected chi connectivity index (χ1v) is 5.89. The molecule has 0 aromatic heterocycles. The fourth-order valence-electron chi connectivity index (χ4n) is 0.966. The van der Waals surface area contributed by atoms with Crippen LogP contribution in [0, 0.1) is 9.39 Å². The molecular formula is C9H7FINO3. The van der Waals surface area contributed by atoms with E-state index in [0.717, 1.165) is 12.1 Å². The molecule has 0 heterocycles. The molecule has 1 rings (SSSR count). The molecule has 0 saturated carbocycles. The van der Waals surface area contributed by atoms with Crippen molar-refractivity contribution in [3.63, 3.8) is 0 Å². The van der Waals surface area contributed by atoms with Gasteiger partial charge in [0.15, 0.2) is 21.2 Å². The predicted molar refractivity (Wildman–Crippen MR) is 58.0 cm³/mol. The molecule has 0 fully saturated rings. The largest absolute Gasteiger partial charge is 0.293 e. The highest BCUT2D eigenvalue weighted by atomic mass is 127. The van der Waals surface area contributed by atoms with Crippen LogP contribution >= 0.6 is 21.2 Å². The standard InChI is InChI=1S/C9H7FINO3/c1-5(13)12-9(14)7-4-6(10)2-3-8(7)11-15/h2-4H,1H3,(H,12,13,14). The number of amides is 2. The molecule has 0 unspecified atom stereocenters. The SMILES string of the molecule is CC(=O)NC(=O)c1cc(F)ccc1I=O. The quantitative estimate of drug-likeness (QED) is 0.841. The molecule has 0 aliphatic carbocycles. The third kappa shape index (κ3) is 3.15. The molecule has 80 valence electrons. The molecule has 4 nitrogen and oxygen atoms in total. The van der Waals surface area contributed by atoms with Crippen LogP contribution in [0.2, 0.25) is 0 Å². The first-order valence-electron chi connectivity index (χ1n) is 3.93. The number of halogens is 2. The highest BCUT2D eigenvalue weighted by molar-refractivity contribution is 14.1. The van der Waals surface area contributed by atoms with Crippen LogP contribution < -0.4 is 5.32 Å². The van der Waals surface area contributed by atoms with Gasteiger partial charge in [0.1, 0.15) is 5.82 Å². The number of imide groups is 1. The fourth-order valence-corrected chi connectivity index (χ4v) is 1.93. The molecule has 0 atom stereocenters. The van der Waals surface area contributed by atoms with Gasteiger partial charge in [0.05, 0.1) is 9.13 Å². The second kappa shape index (κ2) is 5.06. The smallest absolute Gasteiger partial charge is 0.259 e. The minimum Gasteiger partial charge on any atom is -0.293 e. The summed E-state index contributed by atoms with van der Waals surface area (Å²) in [6.45, 7) is 1.17. The molecule has 2 amide bonds. The zero-order valence-electron chi connectivity index (χ0n) is 7.71. The minimum atomic E-state index is -1.57. The number of carbonyl (C=O) groups excluding carboxylic acids is 2. The maximum absolute atomic E-state index is 12.8. The molecule has 15 heavy (non-hydrogen) atoms. The van der Waals surface area contributed by atoms with Gasteiger partial charge in [-0.1, -0.05) is 0 Å². The minimum absolute atomic E-state index is 0.0481. The third-order valence-corrected chi connectivity index (χ3v) is 2.96. The van der Waals surface area contributed by atoms with E-state index in [4.69, 9.17) is 0 Å². The van der Waals surface area contributed by atoms with E-state index in [-0.39, 0.29) is 9.13 Å². The van der Waals surface area contributed by atoms with Gasteiger partial charge in [0.2, 0.25) is 5.91 Å². The Bertz CT molecular complexity index is 433. The van der Waals surface area contributed by atoms with Crippen LogP contribution in [0.4, 0.5) is 4.39 Å². The van der Waals surface area contributed by atoms with Crippen molar-refractivity contribution in [2.24, 2.45) is 0 Å². The number of carbonyl (C=O) groups is 2. The molecule has 0 aliphatic heterocycles. The Kier molecular flexibility index (Phi) is 4.01. The van der Waals surface area contributed by atoms with Gasteiger partial charge in [-0.05, 0) is 18.2 Å². The van der Waals surface area contributed by atoms with E-state index in [0.29, 0.717) is 0 Å². The van der Waals surface area contributed by atoms with Crippen LogP contribution in [-0.4, -0.2) is 11.8 Å². The van der Waals surface area contributed by atoms with Crippen LogP contribution in [0.25, 0.3) is 0 Å². The van der Waals surface area contributed by atoms with Gasteiger partial charge in [0.25, 0.3) is 5.91 Å².